The van der Waals surface area contributed by atoms with Crippen molar-refractivity contribution in [1.29, 1.82) is 0 Å². The van der Waals surface area contributed by atoms with Crippen LogP contribution >= 0.6 is 22.6 Å². The van der Waals surface area contributed by atoms with E-state index in [-0.39, 0.29) is 4.05 Å². The molecule has 0 N–H and O–H groups in total. The molecule has 1 aliphatic heterocycles. The summed E-state index contributed by atoms with van der Waals surface area (Å²) in [6, 6.07) is 17.0. The fourth-order valence-corrected chi connectivity index (χ4v) is 3.60. The van der Waals surface area contributed by atoms with Crippen LogP contribution in [-0.4, -0.2) is 22.0 Å². The molecular formula is C18H17IN4. The first-order valence-electron chi connectivity index (χ1n) is 7.65. The van der Waals surface area contributed by atoms with Crippen molar-refractivity contribution in [2.24, 2.45) is 0 Å². The van der Waals surface area contributed by atoms with Crippen LogP contribution in [0.15, 0.2) is 48.5 Å². The molecule has 0 spiro atoms. The maximum atomic E-state index is 4.54. The minimum atomic E-state index is 0.237. The van der Waals surface area contributed by atoms with Crippen molar-refractivity contribution >= 4 is 28.3 Å². The smallest absolute Gasteiger partial charge is 0.123 e. The molecule has 0 fully saturated rings. The molecule has 5 heteroatoms. The van der Waals surface area contributed by atoms with Crippen molar-refractivity contribution < 1.29 is 0 Å². The number of benzene rings is 2. The molecule has 2 heterocycles. The van der Waals surface area contributed by atoms with Gasteiger partial charge >= 0.3 is 0 Å². The summed E-state index contributed by atoms with van der Waals surface area (Å²) < 4.78 is 2.26. The van der Waals surface area contributed by atoms with E-state index in [1.54, 1.807) is 0 Å². The highest BCUT2D eigenvalue weighted by Crippen LogP contribution is 2.41. The molecule has 1 aliphatic rings. The Morgan fingerprint density at radius 2 is 1.74 bits per heavy atom. The number of alkyl halides is 1. The number of para-hydroxylation sites is 1. The van der Waals surface area contributed by atoms with Gasteiger partial charge in [0, 0.05) is 30.4 Å². The molecule has 0 saturated heterocycles. The molecule has 1 aromatic heterocycles. The average molecular weight is 416 g/mol. The molecule has 3 aromatic rings. The summed E-state index contributed by atoms with van der Waals surface area (Å²) in [5.74, 6) is 0. The Bertz CT molecular complexity index is 869. The Hall–Kier alpha value is -1.89. The van der Waals surface area contributed by atoms with Crippen LogP contribution in [0.25, 0.3) is 22.5 Å². The molecule has 1 atom stereocenters. The number of hydrogen-bond acceptors (Lipinski definition) is 3. The molecule has 116 valence electrons. The molecule has 0 amide bonds. The molecule has 4 nitrogen and oxygen atoms in total. The molecule has 0 saturated carbocycles. The average Bonchev–Trinajstić information content (AvgIpc) is 2.99. The molecule has 0 aliphatic carbocycles. The van der Waals surface area contributed by atoms with Gasteiger partial charge in [-0.1, -0.05) is 70.3 Å². The fourth-order valence-electron chi connectivity index (χ4n) is 3.21. The van der Waals surface area contributed by atoms with Gasteiger partial charge in [0.2, 0.25) is 0 Å². The van der Waals surface area contributed by atoms with E-state index >= 15 is 0 Å². The third kappa shape index (κ3) is 2.34. The van der Waals surface area contributed by atoms with Crippen molar-refractivity contribution in [2.45, 2.75) is 17.5 Å². The highest BCUT2D eigenvalue weighted by molar-refractivity contribution is 14.1. The van der Waals surface area contributed by atoms with Gasteiger partial charge in [-0.05, 0) is 18.6 Å². The van der Waals surface area contributed by atoms with Crippen LogP contribution < -0.4 is 4.90 Å². The van der Waals surface area contributed by atoms with Crippen LogP contribution in [-0.2, 0) is 6.54 Å². The summed E-state index contributed by atoms with van der Waals surface area (Å²) in [6.07, 6.45) is 0. The second-order valence-corrected chi connectivity index (χ2v) is 7.64. The van der Waals surface area contributed by atoms with Gasteiger partial charge in [0.15, 0.2) is 0 Å². The molecule has 23 heavy (non-hydrogen) atoms. The van der Waals surface area contributed by atoms with Crippen LogP contribution in [0.5, 0.6) is 0 Å². The highest BCUT2D eigenvalue weighted by atomic mass is 127. The van der Waals surface area contributed by atoms with Gasteiger partial charge in [-0.15, -0.1) is 5.10 Å². The van der Waals surface area contributed by atoms with Crippen molar-refractivity contribution in [3.8, 4) is 22.5 Å². The van der Waals surface area contributed by atoms with Gasteiger partial charge in [0.05, 0.1) is 5.69 Å². The monoisotopic (exact) mass is 416 g/mol. The van der Waals surface area contributed by atoms with Crippen LogP contribution in [0, 0.1) is 0 Å². The molecule has 2 aromatic carbocycles. The van der Waals surface area contributed by atoms with Gasteiger partial charge in [-0.2, -0.15) is 0 Å². The van der Waals surface area contributed by atoms with Gasteiger partial charge in [-0.25, -0.2) is 4.68 Å². The van der Waals surface area contributed by atoms with E-state index in [0.29, 0.717) is 0 Å². The van der Waals surface area contributed by atoms with Gasteiger partial charge in [0.1, 0.15) is 9.74 Å². The topological polar surface area (TPSA) is 34.0 Å². The number of hydrogen-bond donors (Lipinski definition) is 0. The lowest BCUT2D eigenvalue weighted by Crippen LogP contribution is -2.19. The van der Waals surface area contributed by atoms with Crippen LogP contribution in [0.1, 0.15) is 16.5 Å². The Morgan fingerprint density at radius 1 is 1.04 bits per heavy atom. The van der Waals surface area contributed by atoms with E-state index in [2.05, 4.69) is 100 Å². The first-order valence-corrected chi connectivity index (χ1v) is 8.89. The third-order valence-corrected chi connectivity index (χ3v) is 4.81. The molecule has 0 bridgehead atoms. The normalized spacial score (nSPS) is 14.3. The predicted octanol–water partition coefficient (Wildman–Crippen LogP) is 4.52. The van der Waals surface area contributed by atoms with E-state index in [1.165, 1.54) is 16.8 Å². The number of anilines is 1. The standard InChI is InChI=1S/C18H17IN4/c1-12(19)23-18-14-8-4-3-7-13(14)11-22(2)16-10-6-5-9-15(16)17(18)20-21-23/h3-10,12H,11H2,1-2H3. The minimum absolute atomic E-state index is 0.237. The van der Waals surface area contributed by atoms with E-state index in [9.17, 15) is 0 Å². The largest absolute Gasteiger partial charge is 0.370 e. The molecule has 1 unspecified atom stereocenters. The highest BCUT2D eigenvalue weighted by Gasteiger charge is 2.25. The first-order chi connectivity index (χ1) is 11.2. The number of rotatable bonds is 1. The maximum absolute atomic E-state index is 4.54. The van der Waals surface area contributed by atoms with Gasteiger partial charge < -0.3 is 4.90 Å². The number of aromatic nitrogens is 3. The second kappa shape index (κ2) is 5.63. The number of halogens is 1. The summed E-state index contributed by atoms with van der Waals surface area (Å²) in [5.41, 5.74) is 6.93. The lowest BCUT2D eigenvalue weighted by atomic mass is 9.96. The summed E-state index contributed by atoms with van der Waals surface area (Å²) >= 11 is 2.39. The predicted molar refractivity (Wildman–Crippen MR) is 102 cm³/mol. The van der Waals surface area contributed by atoms with Gasteiger partial charge in [0.25, 0.3) is 0 Å². The van der Waals surface area contributed by atoms with Crippen molar-refractivity contribution in [2.75, 3.05) is 11.9 Å². The first kappa shape index (κ1) is 14.7. The molecular weight excluding hydrogens is 399 g/mol. The quantitative estimate of drug-likeness (QED) is 0.432. The number of nitrogens with zero attached hydrogens (tertiary/aromatic N) is 4. The van der Waals surface area contributed by atoms with Crippen molar-refractivity contribution in [1.82, 2.24) is 15.0 Å². The second-order valence-electron chi connectivity index (χ2n) is 5.84. The Labute approximate surface area is 149 Å². The zero-order chi connectivity index (χ0) is 16.0. The minimum Gasteiger partial charge on any atom is -0.370 e. The van der Waals surface area contributed by atoms with Gasteiger partial charge in [-0.3, -0.25) is 0 Å². The lowest BCUT2D eigenvalue weighted by molar-refractivity contribution is 0.637. The van der Waals surface area contributed by atoms with Crippen LogP contribution in [0.2, 0.25) is 0 Å². The SMILES string of the molecule is CC(I)n1nnc2c1-c1ccccc1CN(C)c1ccccc1-2. The summed E-state index contributed by atoms with van der Waals surface area (Å²) in [7, 11) is 2.13. The Kier molecular flexibility index (Phi) is 3.60. The molecule has 0 radical (unpaired) electrons. The van der Waals surface area contributed by atoms with Crippen molar-refractivity contribution in [3.63, 3.8) is 0 Å². The van der Waals surface area contributed by atoms with Crippen LogP contribution in [0.3, 0.4) is 0 Å². The zero-order valence-corrected chi connectivity index (χ0v) is 15.2. The van der Waals surface area contributed by atoms with Crippen molar-refractivity contribution in [3.05, 3.63) is 54.1 Å². The molecule has 4 rings (SSSR count). The van der Waals surface area contributed by atoms with E-state index in [1.807, 2.05) is 4.68 Å². The summed E-state index contributed by atoms with van der Waals surface area (Å²) in [5, 5.41) is 8.98. The Morgan fingerprint density at radius 3 is 2.52 bits per heavy atom. The summed E-state index contributed by atoms with van der Waals surface area (Å²) in [4.78, 5) is 2.28. The van der Waals surface area contributed by atoms with E-state index < -0.39 is 0 Å². The number of fused-ring (bicyclic) bond motifs is 5. The Balaban J connectivity index is 2.10. The van der Waals surface area contributed by atoms with E-state index in [4.69, 9.17) is 0 Å². The fraction of sp³-hybridized carbons (Fsp3) is 0.222. The third-order valence-electron chi connectivity index (χ3n) is 4.28. The van der Waals surface area contributed by atoms with Crippen LogP contribution in [0.4, 0.5) is 5.69 Å². The lowest BCUT2D eigenvalue weighted by Gasteiger charge is -2.26. The zero-order valence-electron chi connectivity index (χ0n) is 13.1. The maximum Gasteiger partial charge on any atom is 0.123 e. The summed E-state index contributed by atoms with van der Waals surface area (Å²) in [6.45, 7) is 3.00. The van der Waals surface area contributed by atoms with E-state index in [0.717, 1.165) is 23.5 Å².